The minimum absolute atomic E-state index is 0.116. The Kier molecular flexibility index (Phi) is 7.39. The van der Waals surface area contributed by atoms with Crippen LogP contribution in [0.3, 0.4) is 0 Å². The first kappa shape index (κ1) is 16.4. The molecule has 112 valence electrons. The molecule has 3 unspecified atom stereocenters. The van der Waals surface area contributed by atoms with Gasteiger partial charge in [0.1, 0.15) is 0 Å². The number of carbonyl (C=O) groups excluding carboxylic acids is 1. The lowest BCUT2D eigenvalue weighted by atomic mass is 9.99. The van der Waals surface area contributed by atoms with Crippen LogP contribution >= 0.6 is 0 Å². The molecule has 1 rings (SSSR count). The number of hydrogen-bond donors (Lipinski definition) is 1. The van der Waals surface area contributed by atoms with Gasteiger partial charge in [0.15, 0.2) is 0 Å². The molecule has 4 heteroatoms. The molecule has 1 aliphatic rings. The van der Waals surface area contributed by atoms with Gasteiger partial charge in [-0.15, -0.1) is 0 Å². The standard InChI is InChI=1S/C15H30N2O2/c1-4-11-19-13-7-6-9-17(10-8-13)15(18)14(16)12(3)5-2/h12-14H,4-11,16H2,1-3H3. The zero-order chi connectivity index (χ0) is 14.3. The number of rotatable bonds is 6. The van der Waals surface area contributed by atoms with Crippen molar-refractivity contribution in [3.8, 4) is 0 Å². The number of hydrogen-bond acceptors (Lipinski definition) is 3. The van der Waals surface area contributed by atoms with Gasteiger partial charge in [0.2, 0.25) is 5.91 Å². The number of nitrogens with zero attached hydrogens (tertiary/aromatic N) is 1. The Balaban J connectivity index is 2.45. The molecular weight excluding hydrogens is 240 g/mol. The van der Waals surface area contributed by atoms with Crippen LogP contribution in [0.2, 0.25) is 0 Å². The second-order valence-corrected chi connectivity index (χ2v) is 5.66. The third-order valence-corrected chi connectivity index (χ3v) is 4.09. The lowest BCUT2D eigenvalue weighted by Crippen LogP contribution is -2.47. The molecule has 0 spiro atoms. The Hall–Kier alpha value is -0.610. The highest BCUT2D eigenvalue weighted by atomic mass is 16.5. The highest BCUT2D eigenvalue weighted by molar-refractivity contribution is 5.82. The normalized spacial score (nSPS) is 23.8. The summed E-state index contributed by atoms with van der Waals surface area (Å²) in [7, 11) is 0. The molecule has 0 radical (unpaired) electrons. The van der Waals surface area contributed by atoms with Crippen LogP contribution in [-0.2, 0) is 9.53 Å². The van der Waals surface area contributed by atoms with E-state index in [2.05, 4.69) is 13.8 Å². The largest absolute Gasteiger partial charge is 0.378 e. The summed E-state index contributed by atoms with van der Waals surface area (Å²) in [6.45, 7) is 8.69. The molecule has 1 amide bonds. The highest BCUT2D eigenvalue weighted by Crippen LogP contribution is 2.17. The molecule has 3 atom stereocenters. The van der Waals surface area contributed by atoms with Crippen LogP contribution in [0.15, 0.2) is 0 Å². The van der Waals surface area contributed by atoms with Crippen LogP contribution in [0.5, 0.6) is 0 Å². The van der Waals surface area contributed by atoms with E-state index >= 15 is 0 Å². The van der Waals surface area contributed by atoms with Gasteiger partial charge in [-0.3, -0.25) is 4.79 Å². The predicted octanol–water partition coefficient (Wildman–Crippen LogP) is 2.17. The number of amides is 1. The average molecular weight is 270 g/mol. The van der Waals surface area contributed by atoms with Crippen LogP contribution in [-0.4, -0.2) is 42.6 Å². The van der Waals surface area contributed by atoms with Crippen molar-refractivity contribution in [2.75, 3.05) is 19.7 Å². The quantitative estimate of drug-likeness (QED) is 0.804. The van der Waals surface area contributed by atoms with E-state index in [-0.39, 0.29) is 17.9 Å². The van der Waals surface area contributed by atoms with E-state index < -0.39 is 0 Å². The smallest absolute Gasteiger partial charge is 0.239 e. The molecule has 0 aromatic heterocycles. The fourth-order valence-corrected chi connectivity index (χ4v) is 2.45. The van der Waals surface area contributed by atoms with Gasteiger partial charge >= 0.3 is 0 Å². The van der Waals surface area contributed by atoms with E-state index in [4.69, 9.17) is 10.5 Å². The molecule has 1 fully saturated rings. The molecular formula is C15H30N2O2. The Labute approximate surface area is 117 Å². The molecule has 2 N–H and O–H groups in total. The summed E-state index contributed by atoms with van der Waals surface area (Å²) in [5.74, 6) is 0.369. The van der Waals surface area contributed by atoms with Gasteiger partial charge in [0, 0.05) is 19.7 Å². The second kappa shape index (κ2) is 8.54. The fraction of sp³-hybridized carbons (Fsp3) is 0.933. The lowest BCUT2D eigenvalue weighted by molar-refractivity contribution is -0.133. The molecule has 0 aliphatic carbocycles. The summed E-state index contributed by atoms with van der Waals surface area (Å²) in [6.07, 6.45) is 5.34. The van der Waals surface area contributed by atoms with E-state index in [1.165, 1.54) is 0 Å². The van der Waals surface area contributed by atoms with Gasteiger partial charge in [-0.2, -0.15) is 0 Å². The van der Waals surface area contributed by atoms with Gasteiger partial charge in [-0.25, -0.2) is 0 Å². The van der Waals surface area contributed by atoms with Gasteiger partial charge in [0.05, 0.1) is 12.1 Å². The summed E-state index contributed by atoms with van der Waals surface area (Å²) in [5, 5.41) is 0. The van der Waals surface area contributed by atoms with E-state index in [1.54, 1.807) is 0 Å². The molecule has 19 heavy (non-hydrogen) atoms. The number of likely N-dealkylation sites (tertiary alicyclic amines) is 1. The van der Waals surface area contributed by atoms with Crippen molar-refractivity contribution >= 4 is 5.91 Å². The van der Waals surface area contributed by atoms with Crippen LogP contribution in [0, 0.1) is 5.92 Å². The molecule has 1 saturated heterocycles. The van der Waals surface area contributed by atoms with E-state index in [1.807, 2.05) is 11.8 Å². The Bertz CT molecular complexity index is 271. The monoisotopic (exact) mass is 270 g/mol. The molecule has 1 aliphatic heterocycles. The molecule has 0 bridgehead atoms. The topological polar surface area (TPSA) is 55.6 Å². The maximum absolute atomic E-state index is 12.3. The first-order chi connectivity index (χ1) is 9.10. The SMILES string of the molecule is CCCOC1CCCN(C(=O)C(N)C(C)CC)CC1. The maximum atomic E-state index is 12.3. The van der Waals surface area contributed by atoms with Crippen LogP contribution < -0.4 is 5.73 Å². The Morgan fingerprint density at radius 1 is 1.37 bits per heavy atom. The predicted molar refractivity (Wildman–Crippen MR) is 77.9 cm³/mol. The zero-order valence-corrected chi connectivity index (χ0v) is 12.7. The summed E-state index contributed by atoms with van der Waals surface area (Å²) in [6, 6.07) is -0.349. The minimum Gasteiger partial charge on any atom is -0.378 e. The van der Waals surface area contributed by atoms with Crippen molar-refractivity contribution in [3.63, 3.8) is 0 Å². The van der Waals surface area contributed by atoms with Gasteiger partial charge in [0.25, 0.3) is 0 Å². The van der Waals surface area contributed by atoms with Crippen molar-refractivity contribution in [3.05, 3.63) is 0 Å². The zero-order valence-electron chi connectivity index (χ0n) is 12.7. The summed E-state index contributed by atoms with van der Waals surface area (Å²) >= 11 is 0. The van der Waals surface area contributed by atoms with Gasteiger partial charge < -0.3 is 15.4 Å². The van der Waals surface area contributed by atoms with E-state index in [0.717, 1.165) is 51.8 Å². The second-order valence-electron chi connectivity index (χ2n) is 5.66. The van der Waals surface area contributed by atoms with Crippen LogP contribution in [0.4, 0.5) is 0 Å². The van der Waals surface area contributed by atoms with Crippen molar-refractivity contribution in [1.82, 2.24) is 4.90 Å². The minimum atomic E-state index is -0.349. The summed E-state index contributed by atoms with van der Waals surface area (Å²) < 4.78 is 5.80. The number of carbonyl (C=O) groups is 1. The molecule has 0 aromatic carbocycles. The van der Waals surface area contributed by atoms with Crippen LogP contribution in [0.1, 0.15) is 52.9 Å². The summed E-state index contributed by atoms with van der Waals surface area (Å²) in [5.41, 5.74) is 6.05. The number of nitrogens with two attached hydrogens (primary N) is 1. The fourth-order valence-electron chi connectivity index (χ4n) is 2.45. The third kappa shape index (κ3) is 5.11. The third-order valence-electron chi connectivity index (χ3n) is 4.09. The number of ether oxygens (including phenoxy) is 1. The van der Waals surface area contributed by atoms with Gasteiger partial charge in [-0.1, -0.05) is 27.2 Å². The van der Waals surface area contributed by atoms with Gasteiger partial charge in [-0.05, 0) is 31.6 Å². The first-order valence-corrected chi connectivity index (χ1v) is 7.76. The van der Waals surface area contributed by atoms with Crippen molar-refractivity contribution in [2.24, 2.45) is 11.7 Å². The van der Waals surface area contributed by atoms with E-state index in [9.17, 15) is 4.79 Å². The molecule has 1 heterocycles. The van der Waals surface area contributed by atoms with E-state index in [0.29, 0.717) is 6.10 Å². The maximum Gasteiger partial charge on any atom is 0.239 e. The van der Waals surface area contributed by atoms with Crippen molar-refractivity contribution < 1.29 is 9.53 Å². The average Bonchev–Trinajstić information content (AvgIpc) is 2.68. The summed E-state index contributed by atoms with van der Waals surface area (Å²) in [4.78, 5) is 14.3. The lowest BCUT2D eigenvalue weighted by Gasteiger charge is -2.27. The molecule has 0 saturated carbocycles. The first-order valence-electron chi connectivity index (χ1n) is 7.76. The molecule has 0 aromatic rings. The van der Waals surface area contributed by atoms with Crippen LogP contribution in [0.25, 0.3) is 0 Å². The van der Waals surface area contributed by atoms with Crippen molar-refractivity contribution in [2.45, 2.75) is 65.0 Å². The van der Waals surface area contributed by atoms with Crippen molar-refractivity contribution in [1.29, 1.82) is 0 Å². The Morgan fingerprint density at radius 3 is 2.74 bits per heavy atom. The Morgan fingerprint density at radius 2 is 2.11 bits per heavy atom. The molecule has 4 nitrogen and oxygen atoms in total. The highest BCUT2D eigenvalue weighted by Gasteiger charge is 2.27.